The van der Waals surface area contributed by atoms with Crippen molar-refractivity contribution in [2.24, 2.45) is 0 Å². The summed E-state index contributed by atoms with van der Waals surface area (Å²) < 4.78 is 8.25. The Kier molecular flexibility index (Phi) is 22.8. The fourth-order valence-electron chi connectivity index (χ4n) is 1.90. The summed E-state index contributed by atoms with van der Waals surface area (Å²) >= 11 is 0.750. The summed E-state index contributed by atoms with van der Waals surface area (Å²) in [6.07, 6.45) is 0. The Morgan fingerprint density at radius 2 is 1.18 bits per heavy atom. The first kappa shape index (κ1) is 29.6. The summed E-state index contributed by atoms with van der Waals surface area (Å²) in [6.45, 7) is 3.04. The minimum absolute atomic E-state index is 0. The summed E-state index contributed by atoms with van der Waals surface area (Å²) in [5, 5.41) is 12.9. The van der Waals surface area contributed by atoms with E-state index >= 15 is 0 Å². The van der Waals surface area contributed by atoms with E-state index in [1.165, 1.54) is 21.5 Å². The van der Waals surface area contributed by atoms with E-state index in [1.54, 1.807) is 0 Å². The van der Waals surface area contributed by atoms with Crippen molar-refractivity contribution in [2.45, 2.75) is 0 Å². The molecule has 0 bridgehead atoms. The van der Waals surface area contributed by atoms with E-state index in [-0.39, 0.29) is 49.8 Å². The van der Waals surface area contributed by atoms with Gasteiger partial charge in [0.1, 0.15) is 0 Å². The Balaban J connectivity index is -0.000000164. The van der Waals surface area contributed by atoms with E-state index < -0.39 is 0 Å². The predicted octanol–water partition coefficient (Wildman–Crippen LogP) is 4.32. The molecule has 3 aromatic carbocycles. The van der Waals surface area contributed by atoms with Gasteiger partial charge in [-0.25, -0.2) is 0 Å². The monoisotopic (exact) mass is 389 g/mol. The van der Waals surface area contributed by atoms with Crippen molar-refractivity contribution < 1.29 is 28.8 Å². The second-order valence-electron chi connectivity index (χ2n) is 3.54. The Morgan fingerprint density at radius 1 is 0.909 bits per heavy atom. The summed E-state index contributed by atoms with van der Waals surface area (Å²) in [4.78, 5) is 0. The Labute approximate surface area is 161 Å². The molecule has 0 amide bonds. The molecule has 3 aromatic rings. The van der Waals surface area contributed by atoms with Crippen molar-refractivity contribution >= 4 is 57.3 Å². The van der Waals surface area contributed by atoms with E-state index in [2.05, 4.69) is 61.5 Å². The summed E-state index contributed by atoms with van der Waals surface area (Å²) in [7, 11) is 0. The minimum atomic E-state index is 0. The van der Waals surface area contributed by atoms with E-state index in [1.807, 2.05) is 0 Å². The molecule has 4 radical (unpaired) electrons. The quantitative estimate of drug-likeness (QED) is 0.459. The average Bonchev–Trinajstić information content (AvgIpc) is 2.80. The summed E-state index contributed by atoms with van der Waals surface area (Å²) in [6, 6.07) is 19.3. The molecule has 0 aliphatic rings. The molecule has 2 nitrogen and oxygen atoms in total. The van der Waals surface area contributed by atoms with Gasteiger partial charge in [0.2, 0.25) is 0 Å². The van der Waals surface area contributed by atoms with Crippen LogP contribution in [0.25, 0.3) is 21.5 Å². The first-order valence-corrected chi connectivity index (χ1v) is 6.14. The van der Waals surface area contributed by atoms with Gasteiger partial charge in [-0.2, -0.15) is 0 Å². The Hall–Kier alpha value is -0.419. The molecule has 0 atom stereocenters. The van der Waals surface area contributed by atoms with Gasteiger partial charge in [-0.15, -0.1) is 64.6 Å². The number of hydrogen-bond donors (Lipinski definition) is 1. The molecule has 0 aliphatic carbocycles. The number of aliphatic hydroxyl groups is 1. The van der Waals surface area contributed by atoms with Crippen LogP contribution in [0.2, 0.25) is 0 Å². The van der Waals surface area contributed by atoms with Gasteiger partial charge in [0.05, 0.1) is 0 Å². The number of rotatable bonds is 0. The van der Waals surface area contributed by atoms with Crippen molar-refractivity contribution in [3.63, 3.8) is 0 Å². The summed E-state index contributed by atoms with van der Waals surface area (Å²) in [5.41, 5.74) is 0. The third-order valence-corrected chi connectivity index (χ3v) is 2.52. The second kappa shape index (κ2) is 16.9. The van der Waals surface area contributed by atoms with Crippen LogP contribution in [0.4, 0.5) is 0 Å². The molecule has 0 fully saturated rings. The van der Waals surface area contributed by atoms with E-state index in [0.717, 1.165) is 20.4 Å². The van der Waals surface area contributed by atoms with Gasteiger partial charge < -0.3 is 19.5 Å². The van der Waals surface area contributed by atoms with Crippen molar-refractivity contribution in [1.29, 1.82) is 0 Å². The number of halogens is 2. The Morgan fingerprint density at radius 3 is 1.50 bits per heavy atom. The molecule has 0 heterocycles. The molecule has 0 saturated heterocycles. The maximum atomic E-state index is 8.25. The molecule has 1 N–H and O–H groups in total. The normalized spacial score (nSPS) is 7.50. The maximum absolute atomic E-state index is 8.25. The molecule has 6 heteroatoms. The van der Waals surface area contributed by atoms with E-state index in [0.29, 0.717) is 0 Å². The zero-order valence-electron chi connectivity index (χ0n) is 12.3. The van der Waals surface area contributed by atoms with E-state index in [4.69, 9.17) is 8.43 Å². The van der Waals surface area contributed by atoms with Gasteiger partial charge in [0.15, 0.2) is 0 Å². The SMILES string of the molecule is Cl.Cl.[CH2-]CO.[CH3-].[O]=[Ti].[Si].c1ccc2c(c1)[cH-]c1ccccc12. The van der Waals surface area contributed by atoms with Gasteiger partial charge in [-0.05, 0) is 0 Å². The van der Waals surface area contributed by atoms with Crippen LogP contribution in [0.5, 0.6) is 0 Å². The first-order valence-electron chi connectivity index (χ1n) is 5.50. The van der Waals surface area contributed by atoms with Gasteiger partial charge in [-0.1, -0.05) is 43.0 Å². The molecule has 0 spiro atoms. The van der Waals surface area contributed by atoms with Crippen molar-refractivity contribution in [1.82, 2.24) is 0 Å². The standard InChI is InChI=1S/C13H9.C2H5O.CH3.2ClH.O.Si.Ti/c1-3-7-12-10(5-1)9-11-6-2-4-8-13(11)12;1-2-3;;;;;;/h1-9H;3H,1-2H2;1H3;2*1H;;;/q3*-1;;;;;. The van der Waals surface area contributed by atoms with Crippen LogP contribution in [0.15, 0.2) is 54.6 Å². The van der Waals surface area contributed by atoms with Crippen LogP contribution in [-0.2, 0) is 23.7 Å². The largest absolute Gasteiger partial charge is 0.126 e. The van der Waals surface area contributed by atoms with Crippen LogP contribution in [-0.4, -0.2) is 22.7 Å². The van der Waals surface area contributed by atoms with Gasteiger partial charge in [0.25, 0.3) is 0 Å². The van der Waals surface area contributed by atoms with Crippen molar-refractivity contribution in [2.75, 3.05) is 6.61 Å². The van der Waals surface area contributed by atoms with Crippen LogP contribution in [0.3, 0.4) is 0 Å². The summed E-state index contributed by atoms with van der Waals surface area (Å²) in [5.74, 6) is 0. The van der Waals surface area contributed by atoms with Crippen LogP contribution in [0.1, 0.15) is 0 Å². The fourth-order valence-corrected chi connectivity index (χ4v) is 1.90. The third-order valence-electron chi connectivity index (χ3n) is 2.52. The number of benzene rings is 2. The Bertz CT molecular complexity index is 567. The maximum Gasteiger partial charge on any atom is 0 e. The molecular formula is C16H19Cl2O2SiTi-3. The first-order chi connectivity index (χ1) is 8.86. The van der Waals surface area contributed by atoms with Crippen molar-refractivity contribution in [3.05, 3.63) is 68.9 Å². The molecule has 0 aliphatic heterocycles. The second-order valence-corrected chi connectivity index (χ2v) is 3.54. The zero-order valence-corrected chi connectivity index (χ0v) is 16.5. The van der Waals surface area contributed by atoms with E-state index in [9.17, 15) is 0 Å². The third kappa shape index (κ3) is 7.73. The van der Waals surface area contributed by atoms with Crippen LogP contribution in [0, 0.1) is 14.4 Å². The average molecular weight is 390 g/mol. The molecule has 0 aromatic heterocycles. The molecule has 120 valence electrons. The van der Waals surface area contributed by atoms with Gasteiger partial charge >= 0.3 is 23.7 Å². The van der Waals surface area contributed by atoms with Crippen molar-refractivity contribution in [3.8, 4) is 0 Å². The van der Waals surface area contributed by atoms with Crippen LogP contribution < -0.4 is 0 Å². The fraction of sp³-hybridized carbons (Fsp3) is 0.0625. The number of aliphatic hydroxyl groups excluding tert-OH is 1. The number of fused-ring (bicyclic) bond motifs is 3. The molecular weight excluding hydrogens is 371 g/mol. The van der Waals surface area contributed by atoms with Gasteiger partial charge in [0, 0.05) is 11.0 Å². The number of hydrogen-bond acceptors (Lipinski definition) is 2. The van der Waals surface area contributed by atoms with Crippen LogP contribution >= 0.6 is 24.8 Å². The molecule has 22 heavy (non-hydrogen) atoms. The predicted molar refractivity (Wildman–Crippen MR) is 96.8 cm³/mol. The van der Waals surface area contributed by atoms with Gasteiger partial charge in [-0.3, -0.25) is 0 Å². The zero-order chi connectivity index (χ0) is 13.4. The minimum Gasteiger partial charge on any atom is -0.126 e. The smallest absolute Gasteiger partial charge is 0 e. The topological polar surface area (TPSA) is 37.3 Å². The molecule has 0 saturated carbocycles. The molecule has 0 unspecified atom stereocenters. The molecule has 3 rings (SSSR count).